The highest BCUT2D eigenvalue weighted by molar-refractivity contribution is 6.14. The highest BCUT2D eigenvalue weighted by Gasteiger charge is 2.18. The van der Waals surface area contributed by atoms with Crippen LogP contribution in [0.5, 0.6) is 0 Å². The van der Waals surface area contributed by atoms with Gasteiger partial charge >= 0.3 is 0 Å². The summed E-state index contributed by atoms with van der Waals surface area (Å²) in [6, 6.07) is 35.4. The van der Waals surface area contributed by atoms with Crippen LogP contribution in [0.15, 0.2) is 132 Å². The molecule has 6 aliphatic heterocycles. The Morgan fingerprint density at radius 2 is 0.804 bits per heavy atom. The molecule has 0 spiro atoms. The van der Waals surface area contributed by atoms with Gasteiger partial charge in [0.15, 0.2) is 0 Å². The zero-order chi connectivity index (χ0) is 31.0. The number of hydrogen-bond acceptors (Lipinski definition) is 4. The number of aliphatic imine (C=N–C) groups is 2. The van der Waals surface area contributed by atoms with E-state index >= 15 is 0 Å². The number of anilines is 2. The molecule has 6 aliphatic rings. The fourth-order valence-electron chi connectivity index (χ4n) is 6.78. The van der Waals surface area contributed by atoms with Crippen molar-refractivity contribution in [2.45, 2.75) is 64.5 Å². The van der Waals surface area contributed by atoms with Crippen molar-refractivity contribution in [3.05, 3.63) is 144 Å². The first kappa shape index (κ1) is 30.0. The summed E-state index contributed by atoms with van der Waals surface area (Å²) in [6.07, 6.45) is 18.8. The van der Waals surface area contributed by atoms with Gasteiger partial charge in [-0.25, -0.2) is 0 Å². The minimum Gasteiger partial charge on any atom is -0.343 e. The summed E-state index contributed by atoms with van der Waals surface area (Å²) in [4.78, 5) is 14.7. The van der Waals surface area contributed by atoms with Gasteiger partial charge in [-0.3, -0.25) is 9.98 Å². The minimum absolute atomic E-state index is 0.831. The molecule has 46 heavy (non-hydrogen) atoms. The highest BCUT2D eigenvalue weighted by Crippen LogP contribution is 2.30. The predicted octanol–water partition coefficient (Wildman–Crippen LogP) is 10.1. The summed E-state index contributed by atoms with van der Waals surface area (Å²) in [5.41, 5.74) is 12.2. The molecule has 0 radical (unpaired) electrons. The van der Waals surface area contributed by atoms with E-state index in [1.807, 2.05) is 0 Å². The van der Waals surface area contributed by atoms with Crippen LogP contribution < -0.4 is 9.80 Å². The third-order valence-electron chi connectivity index (χ3n) is 9.38. The van der Waals surface area contributed by atoms with Gasteiger partial charge in [-0.05, 0) is 59.4 Å². The third-order valence-corrected chi connectivity index (χ3v) is 9.38. The van der Waals surface area contributed by atoms with Gasteiger partial charge < -0.3 is 9.80 Å². The average Bonchev–Trinajstić information content (AvgIpc) is 3.10. The maximum Gasteiger partial charge on any atom is 0.0682 e. The summed E-state index contributed by atoms with van der Waals surface area (Å²) in [5.74, 6) is 0. The van der Waals surface area contributed by atoms with Crippen LogP contribution in [-0.2, 0) is 13.1 Å². The molecular weight excluding hydrogens is 560 g/mol. The standard InChI is InChI=1S/C42H44N4/c1-2-4-6-12-28-44-40-26-30-46(42-16-10-8-14-38(40)42)32-34-19-23-36(24-20-34)35-21-17-33(18-22-35)31-45-29-25-39(43-27-11-5-3-1)37-13-7-9-15-41(37)45/h7-10,13-26,29-30H,1-6,11-12,27-28,31-32H2. The molecule has 4 heteroatoms. The second kappa shape index (κ2) is 14.6. The van der Waals surface area contributed by atoms with Crippen LogP contribution >= 0.6 is 0 Å². The first-order valence-electron chi connectivity index (χ1n) is 17.2. The second-order valence-electron chi connectivity index (χ2n) is 12.7. The Balaban J connectivity index is 1.11. The van der Waals surface area contributed by atoms with Crippen LogP contribution in [0.3, 0.4) is 0 Å². The summed E-state index contributed by atoms with van der Waals surface area (Å²) < 4.78 is 0. The fourth-order valence-corrected chi connectivity index (χ4v) is 6.78. The van der Waals surface area contributed by atoms with E-state index in [9.17, 15) is 0 Å². The fraction of sp³-hybridized carbons (Fsp3) is 0.286. The number of fused-ring (bicyclic) bond motifs is 3. The van der Waals surface area contributed by atoms with Crippen LogP contribution in [0.4, 0.5) is 11.4 Å². The van der Waals surface area contributed by atoms with Crippen LogP contribution in [-0.4, -0.2) is 24.5 Å². The predicted molar refractivity (Wildman–Crippen MR) is 195 cm³/mol. The van der Waals surface area contributed by atoms with Gasteiger partial charge in [0.25, 0.3) is 0 Å². The molecule has 8 bridgehead atoms. The van der Waals surface area contributed by atoms with Crippen molar-refractivity contribution in [3.63, 3.8) is 0 Å². The number of nitrogens with zero attached hydrogens (tertiary/aromatic N) is 4. The molecule has 0 atom stereocenters. The van der Waals surface area contributed by atoms with Crippen LogP contribution in [0.2, 0.25) is 0 Å². The molecular formula is C42H44N4. The largest absolute Gasteiger partial charge is 0.343 e. The molecule has 0 saturated carbocycles. The molecule has 4 aromatic rings. The van der Waals surface area contributed by atoms with Crippen molar-refractivity contribution in [3.8, 4) is 11.1 Å². The van der Waals surface area contributed by atoms with Crippen molar-refractivity contribution in [2.75, 3.05) is 22.9 Å². The van der Waals surface area contributed by atoms with Gasteiger partial charge in [-0.2, -0.15) is 0 Å². The van der Waals surface area contributed by atoms with Gasteiger partial charge in [0.05, 0.1) is 22.8 Å². The minimum atomic E-state index is 0.831. The van der Waals surface area contributed by atoms with Crippen LogP contribution in [0.25, 0.3) is 11.1 Å². The SMILES string of the molecule is C1=CN2Cc3ccc(cc3)-c3ccc(cc3)CN3C=CC(=NCCCCCCCCCCN=C1c1ccccc12)c1ccccc13. The van der Waals surface area contributed by atoms with Crippen molar-refractivity contribution in [1.82, 2.24) is 0 Å². The van der Waals surface area contributed by atoms with E-state index in [0.29, 0.717) is 0 Å². The lowest BCUT2D eigenvalue weighted by atomic mass is 10.00. The number of rotatable bonds is 0. The van der Waals surface area contributed by atoms with E-state index in [4.69, 9.17) is 9.98 Å². The smallest absolute Gasteiger partial charge is 0.0682 e. The Labute approximate surface area is 274 Å². The van der Waals surface area contributed by atoms with Crippen LogP contribution in [0.1, 0.15) is 73.6 Å². The van der Waals surface area contributed by atoms with Crippen LogP contribution in [0, 0.1) is 0 Å². The van der Waals surface area contributed by atoms with E-state index in [-0.39, 0.29) is 0 Å². The van der Waals surface area contributed by atoms with Gasteiger partial charge in [0.2, 0.25) is 0 Å². The lowest BCUT2D eigenvalue weighted by molar-refractivity contribution is 0.573. The molecule has 0 unspecified atom stereocenters. The first-order chi connectivity index (χ1) is 22.8. The monoisotopic (exact) mass is 604 g/mol. The number of hydrogen-bond donors (Lipinski definition) is 0. The molecule has 0 aromatic heterocycles. The van der Waals surface area contributed by atoms with E-state index in [1.54, 1.807) is 0 Å². The quantitative estimate of drug-likeness (QED) is 0.200. The second-order valence-corrected chi connectivity index (χ2v) is 12.7. The maximum absolute atomic E-state index is 5.02. The highest BCUT2D eigenvalue weighted by atomic mass is 15.1. The Kier molecular flexibility index (Phi) is 9.51. The molecule has 0 saturated heterocycles. The molecule has 232 valence electrons. The molecule has 0 N–H and O–H groups in total. The van der Waals surface area contributed by atoms with Crippen molar-refractivity contribution in [2.24, 2.45) is 9.98 Å². The third kappa shape index (κ3) is 7.07. The lowest BCUT2D eigenvalue weighted by Gasteiger charge is -2.27. The summed E-state index contributed by atoms with van der Waals surface area (Å²) in [6.45, 7) is 3.45. The topological polar surface area (TPSA) is 31.2 Å². The molecule has 6 heterocycles. The Morgan fingerprint density at radius 3 is 1.24 bits per heavy atom. The average molecular weight is 605 g/mol. The normalized spacial score (nSPS) is 17.4. The van der Waals surface area contributed by atoms with E-state index in [2.05, 4.69) is 131 Å². The first-order valence-corrected chi connectivity index (χ1v) is 17.2. The molecule has 0 aliphatic carbocycles. The Bertz CT molecular complexity index is 1610. The number of benzene rings is 4. The molecule has 0 fully saturated rings. The number of allylic oxidation sites excluding steroid dienone is 2. The van der Waals surface area contributed by atoms with Gasteiger partial charge in [-0.15, -0.1) is 0 Å². The molecule has 4 aromatic carbocycles. The van der Waals surface area contributed by atoms with E-state index < -0.39 is 0 Å². The lowest BCUT2D eigenvalue weighted by Crippen LogP contribution is -2.22. The van der Waals surface area contributed by atoms with Crippen molar-refractivity contribution in [1.29, 1.82) is 0 Å². The maximum atomic E-state index is 5.02. The van der Waals surface area contributed by atoms with Crippen molar-refractivity contribution >= 4 is 22.8 Å². The molecule has 4 nitrogen and oxygen atoms in total. The Hall–Kier alpha value is -4.70. The molecule has 0 amide bonds. The van der Waals surface area contributed by atoms with Crippen molar-refractivity contribution < 1.29 is 0 Å². The summed E-state index contributed by atoms with van der Waals surface area (Å²) in [5, 5.41) is 0. The summed E-state index contributed by atoms with van der Waals surface area (Å²) in [7, 11) is 0. The molecule has 10 rings (SSSR count). The van der Waals surface area contributed by atoms with Gasteiger partial charge in [0, 0.05) is 49.7 Å². The summed E-state index contributed by atoms with van der Waals surface area (Å²) >= 11 is 0. The van der Waals surface area contributed by atoms with E-state index in [1.165, 1.54) is 83.3 Å². The van der Waals surface area contributed by atoms with Gasteiger partial charge in [0.1, 0.15) is 0 Å². The zero-order valence-corrected chi connectivity index (χ0v) is 26.8. The number of para-hydroxylation sites is 2. The van der Waals surface area contributed by atoms with Gasteiger partial charge in [-0.1, -0.05) is 123 Å². The zero-order valence-electron chi connectivity index (χ0n) is 26.8. The van der Waals surface area contributed by atoms with E-state index in [0.717, 1.165) is 50.4 Å². The Morgan fingerprint density at radius 1 is 0.413 bits per heavy atom.